The summed E-state index contributed by atoms with van der Waals surface area (Å²) in [4.78, 5) is 6.33. The Morgan fingerprint density at radius 1 is 0.418 bits per heavy atom. The highest BCUT2D eigenvalue weighted by Crippen LogP contribution is 2.51. The topological polar surface area (TPSA) is 6.48 Å². The predicted octanol–water partition coefficient (Wildman–Crippen LogP) is 14.9. The van der Waals surface area contributed by atoms with Gasteiger partial charge in [0, 0.05) is 50.0 Å². The second kappa shape index (κ2) is 14.3. The third-order valence-electron chi connectivity index (χ3n) is 10.8. The van der Waals surface area contributed by atoms with Gasteiger partial charge in [0.2, 0.25) is 0 Å². The standard InChI is InChI=1S/C52H38N2S/c1-5-15-37(16-6-1)38-25-27-39(28-26-38)40-29-31-46(32-30-40)54(45-23-11-4-12-24-45)49-35-47(53(43-19-7-2-8-20-43)44-21-9-3-10-22-44)36-51-52(49)48-33-41-17-13-14-18-42(41)34-50(48)55-51/h1-34,36,49H,35H2. The van der Waals surface area contributed by atoms with Crippen LogP contribution in [-0.4, -0.2) is 0 Å². The molecule has 2 nitrogen and oxygen atoms in total. The minimum absolute atomic E-state index is 0.0262. The van der Waals surface area contributed by atoms with E-state index < -0.39 is 0 Å². The molecule has 0 saturated carbocycles. The third kappa shape index (κ3) is 6.29. The van der Waals surface area contributed by atoms with Gasteiger partial charge in [0.1, 0.15) is 0 Å². The zero-order valence-electron chi connectivity index (χ0n) is 30.3. The van der Waals surface area contributed by atoms with E-state index in [-0.39, 0.29) is 6.04 Å². The van der Waals surface area contributed by atoms with Gasteiger partial charge in [-0.3, -0.25) is 0 Å². The van der Waals surface area contributed by atoms with Crippen molar-refractivity contribution < 1.29 is 0 Å². The molecule has 1 heterocycles. The first-order valence-electron chi connectivity index (χ1n) is 18.9. The number of hydrogen-bond acceptors (Lipinski definition) is 3. The summed E-state index contributed by atoms with van der Waals surface area (Å²) in [6.07, 6.45) is 3.26. The van der Waals surface area contributed by atoms with E-state index in [1.165, 1.54) is 70.6 Å². The second-order valence-electron chi connectivity index (χ2n) is 14.1. The monoisotopic (exact) mass is 722 g/mol. The Labute approximate surface area is 326 Å². The van der Waals surface area contributed by atoms with Crippen molar-refractivity contribution >= 4 is 61.0 Å². The first kappa shape index (κ1) is 32.9. The smallest absolute Gasteiger partial charge is 0.0666 e. The molecule has 9 aromatic rings. The molecule has 0 radical (unpaired) electrons. The highest BCUT2D eigenvalue weighted by Gasteiger charge is 2.34. The Morgan fingerprint density at radius 2 is 0.855 bits per heavy atom. The fraction of sp³-hybridized carbons (Fsp3) is 0.0385. The Morgan fingerprint density at radius 3 is 1.42 bits per heavy atom. The second-order valence-corrected chi connectivity index (χ2v) is 15.2. The van der Waals surface area contributed by atoms with Gasteiger partial charge in [0.25, 0.3) is 0 Å². The van der Waals surface area contributed by atoms with Crippen molar-refractivity contribution in [3.63, 3.8) is 0 Å². The van der Waals surface area contributed by atoms with Crippen LogP contribution in [0.4, 0.5) is 22.7 Å². The van der Waals surface area contributed by atoms with Crippen LogP contribution < -0.4 is 9.80 Å². The summed E-state index contributed by atoms with van der Waals surface area (Å²) < 4.78 is 1.32. The molecule has 0 bridgehead atoms. The van der Waals surface area contributed by atoms with Gasteiger partial charge in [-0.15, -0.1) is 11.3 Å². The van der Waals surface area contributed by atoms with Crippen molar-refractivity contribution in [3.8, 4) is 22.3 Å². The van der Waals surface area contributed by atoms with E-state index >= 15 is 0 Å². The fourth-order valence-corrected chi connectivity index (χ4v) is 9.44. The SMILES string of the molecule is C1=C(N(c2ccccc2)c2ccccc2)CC(N(c2ccccc2)c2ccc(-c3ccc(-c4ccccc4)cc3)cc2)c2c1sc1cc3ccccc3cc21. The average Bonchev–Trinajstić information content (AvgIpc) is 3.62. The lowest BCUT2D eigenvalue weighted by Crippen LogP contribution is -2.29. The molecule has 8 aromatic carbocycles. The van der Waals surface area contributed by atoms with E-state index in [2.05, 4.69) is 222 Å². The maximum Gasteiger partial charge on any atom is 0.0666 e. The predicted molar refractivity (Wildman–Crippen MR) is 236 cm³/mol. The molecule has 0 saturated heterocycles. The number of anilines is 4. The van der Waals surface area contributed by atoms with E-state index in [9.17, 15) is 0 Å². The number of rotatable bonds is 8. The number of para-hydroxylation sites is 3. The molecular weight excluding hydrogens is 685 g/mol. The van der Waals surface area contributed by atoms with Gasteiger partial charge < -0.3 is 9.80 Å². The average molecular weight is 723 g/mol. The van der Waals surface area contributed by atoms with E-state index in [0.29, 0.717) is 0 Å². The van der Waals surface area contributed by atoms with Crippen LogP contribution in [-0.2, 0) is 0 Å². The molecule has 1 aliphatic rings. The Kier molecular flexibility index (Phi) is 8.55. The van der Waals surface area contributed by atoms with Crippen molar-refractivity contribution in [1.29, 1.82) is 0 Å². The maximum absolute atomic E-state index is 2.57. The van der Waals surface area contributed by atoms with Crippen LogP contribution in [0.2, 0.25) is 0 Å². The fourth-order valence-electron chi connectivity index (χ4n) is 8.19. The normalized spacial score (nSPS) is 13.7. The molecule has 1 aliphatic carbocycles. The number of fused-ring (bicyclic) bond motifs is 4. The molecule has 10 rings (SSSR count). The highest BCUT2D eigenvalue weighted by molar-refractivity contribution is 7.20. The largest absolute Gasteiger partial charge is 0.333 e. The minimum Gasteiger partial charge on any atom is -0.333 e. The quantitative estimate of drug-likeness (QED) is 0.154. The molecule has 3 heteroatoms. The number of nitrogens with zero attached hydrogens (tertiary/aromatic N) is 2. The van der Waals surface area contributed by atoms with Crippen LogP contribution in [0, 0.1) is 0 Å². The summed E-state index contributed by atoms with van der Waals surface area (Å²) >= 11 is 1.91. The molecule has 55 heavy (non-hydrogen) atoms. The maximum atomic E-state index is 2.57. The summed E-state index contributed by atoms with van der Waals surface area (Å²) in [5, 5.41) is 3.88. The van der Waals surface area contributed by atoms with E-state index in [1.807, 2.05) is 11.3 Å². The Bertz CT molecular complexity index is 2720. The summed E-state index contributed by atoms with van der Waals surface area (Å²) in [5.74, 6) is 0. The van der Waals surface area contributed by atoms with Crippen molar-refractivity contribution in [1.82, 2.24) is 0 Å². The molecule has 1 atom stereocenters. The van der Waals surface area contributed by atoms with E-state index in [1.54, 1.807) is 0 Å². The van der Waals surface area contributed by atoms with Gasteiger partial charge in [0.15, 0.2) is 0 Å². The molecule has 0 amide bonds. The van der Waals surface area contributed by atoms with E-state index in [0.717, 1.165) is 17.8 Å². The molecule has 0 N–H and O–H groups in total. The summed E-state index contributed by atoms with van der Waals surface area (Å²) in [5.41, 5.74) is 12.2. The molecular formula is C52H38N2S. The first-order chi connectivity index (χ1) is 27.3. The van der Waals surface area contributed by atoms with Crippen LogP contribution in [0.1, 0.15) is 22.9 Å². The van der Waals surface area contributed by atoms with Gasteiger partial charge in [-0.2, -0.15) is 0 Å². The lowest BCUT2D eigenvalue weighted by molar-refractivity contribution is 0.680. The van der Waals surface area contributed by atoms with Gasteiger partial charge in [-0.1, -0.05) is 146 Å². The van der Waals surface area contributed by atoms with Gasteiger partial charge >= 0.3 is 0 Å². The lowest BCUT2D eigenvalue weighted by Gasteiger charge is -2.39. The van der Waals surface area contributed by atoms with Crippen molar-refractivity contribution in [3.05, 3.63) is 222 Å². The van der Waals surface area contributed by atoms with Crippen molar-refractivity contribution in [2.75, 3.05) is 9.80 Å². The number of thiophene rings is 1. The van der Waals surface area contributed by atoms with Crippen molar-refractivity contribution in [2.45, 2.75) is 12.5 Å². The highest BCUT2D eigenvalue weighted by atomic mass is 32.1. The van der Waals surface area contributed by atoms with Crippen molar-refractivity contribution in [2.24, 2.45) is 0 Å². The summed E-state index contributed by atoms with van der Waals surface area (Å²) in [7, 11) is 0. The first-order valence-corrected chi connectivity index (χ1v) is 19.7. The molecule has 1 aromatic heterocycles. The Hall–Kier alpha value is -6.68. The van der Waals surface area contributed by atoms with Gasteiger partial charge in [-0.25, -0.2) is 0 Å². The lowest BCUT2D eigenvalue weighted by atomic mass is 9.89. The number of hydrogen-bond donors (Lipinski definition) is 0. The summed E-state index contributed by atoms with van der Waals surface area (Å²) in [6, 6.07) is 74.8. The molecule has 0 spiro atoms. The van der Waals surface area contributed by atoms with Gasteiger partial charge in [0.05, 0.1) is 6.04 Å². The zero-order chi connectivity index (χ0) is 36.6. The third-order valence-corrected chi connectivity index (χ3v) is 11.9. The zero-order valence-corrected chi connectivity index (χ0v) is 31.1. The van der Waals surface area contributed by atoms with Crippen LogP contribution >= 0.6 is 11.3 Å². The minimum atomic E-state index is 0.0262. The summed E-state index contributed by atoms with van der Waals surface area (Å²) in [6.45, 7) is 0. The molecule has 0 aliphatic heterocycles. The van der Waals surface area contributed by atoms with Crippen LogP contribution in [0.3, 0.4) is 0 Å². The Balaban J connectivity index is 1.13. The molecule has 0 fully saturated rings. The molecule has 262 valence electrons. The number of benzene rings is 8. The van der Waals surface area contributed by atoms with Crippen LogP contribution in [0.15, 0.2) is 212 Å². The van der Waals surface area contributed by atoms with Crippen LogP contribution in [0.5, 0.6) is 0 Å². The van der Waals surface area contributed by atoms with E-state index in [4.69, 9.17) is 0 Å². The van der Waals surface area contributed by atoms with Crippen LogP contribution in [0.25, 0.3) is 49.2 Å². The molecule has 1 unspecified atom stereocenters. The van der Waals surface area contributed by atoms with Gasteiger partial charge in [-0.05, 0) is 105 Å².